The molecule has 4 fully saturated rings. The third kappa shape index (κ3) is 3.31. The molecular weight excluding hydrogens is 480 g/mol. The zero-order valence-electron chi connectivity index (χ0n) is 24.9. The first kappa shape index (κ1) is 28.1. The van der Waals surface area contributed by atoms with Gasteiger partial charge in [-0.3, -0.25) is 9.59 Å². The van der Waals surface area contributed by atoms with Crippen molar-refractivity contribution < 1.29 is 29.3 Å². The van der Waals surface area contributed by atoms with Gasteiger partial charge in [-0.25, -0.2) is 0 Å². The van der Waals surface area contributed by atoms with Crippen LogP contribution in [0, 0.1) is 50.2 Å². The van der Waals surface area contributed by atoms with Crippen molar-refractivity contribution in [3.63, 3.8) is 0 Å². The Morgan fingerprint density at radius 1 is 0.842 bits per heavy atom. The van der Waals surface area contributed by atoms with Crippen molar-refractivity contribution in [3.05, 3.63) is 11.6 Å². The van der Waals surface area contributed by atoms with Gasteiger partial charge in [0.05, 0.1) is 37.3 Å². The highest BCUT2D eigenvalue weighted by Crippen LogP contribution is 2.75. The second-order valence-corrected chi connectivity index (χ2v) is 15.4. The topological polar surface area (TPSA) is 93.1 Å². The van der Waals surface area contributed by atoms with Gasteiger partial charge in [-0.15, -0.1) is 0 Å². The van der Waals surface area contributed by atoms with E-state index in [1.807, 2.05) is 0 Å². The predicted molar refractivity (Wildman–Crippen MR) is 145 cm³/mol. The van der Waals surface area contributed by atoms with Crippen molar-refractivity contribution >= 4 is 11.9 Å². The second-order valence-electron chi connectivity index (χ2n) is 15.4. The van der Waals surface area contributed by atoms with E-state index in [9.17, 15) is 19.8 Å². The molecular formula is C32H50O6. The summed E-state index contributed by atoms with van der Waals surface area (Å²) in [6.07, 6.45) is 8.14. The van der Waals surface area contributed by atoms with Gasteiger partial charge in [-0.05, 0) is 104 Å². The Morgan fingerprint density at radius 3 is 2.11 bits per heavy atom. The first-order chi connectivity index (χ1) is 17.6. The number of fused-ring (bicyclic) bond motifs is 7. The lowest BCUT2D eigenvalue weighted by Crippen LogP contribution is -2.69. The molecule has 0 aromatic heterocycles. The van der Waals surface area contributed by atoms with Gasteiger partial charge in [-0.2, -0.15) is 0 Å². The second kappa shape index (κ2) is 8.55. The predicted octanol–water partition coefficient (Wildman–Crippen LogP) is 5.45. The van der Waals surface area contributed by atoms with E-state index in [0.717, 1.165) is 51.4 Å². The van der Waals surface area contributed by atoms with Crippen LogP contribution in [-0.4, -0.2) is 48.6 Å². The largest absolute Gasteiger partial charge is 0.469 e. The maximum atomic E-state index is 13.4. The van der Waals surface area contributed by atoms with Crippen LogP contribution >= 0.6 is 0 Å². The first-order valence-corrected chi connectivity index (χ1v) is 14.8. The number of allylic oxidation sites excluding steroid dienone is 2. The minimum absolute atomic E-state index is 0.0397. The van der Waals surface area contributed by atoms with Gasteiger partial charge < -0.3 is 19.7 Å². The number of hydrogen-bond acceptors (Lipinski definition) is 6. The number of rotatable bonds is 2. The van der Waals surface area contributed by atoms with Gasteiger partial charge in [0.2, 0.25) is 0 Å². The van der Waals surface area contributed by atoms with Gasteiger partial charge in [0.25, 0.3) is 0 Å². The summed E-state index contributed by atoms with van der Waals surface area (Å²) < 4.78 is 10.7. The van der Waals surface area contributed by atoms with Crippen molar-refractivity contribution in [2.24, 2.45) is 50.2 Å². The maximum absolute atomic E-state index is 13.4. The van der Waals surface area contributed by atoms with E-state index in [1.54, 1.807) is 6.92 Å². The third-order valence-corrected chi connectivity index (χ3v) is 13.5. The smallest absolute Gasteiger partial charge is 0.314 e. The summed E-state index contributed by atoms with van der Waals surface area (Å²) in [6, 6.07) is 0. The van der Waals surface area contributed by atoms with Crippen LogP contribution in [0.4, 0.5) is 0 Å². The van der Waals surface area contributed by atoms with E-state index in [4.69, 9.17) is 9.47 Å². The van der Waals surface area contributed by atoms with E-state index >= 15 is 0 Å². The number of aliphatic hydroxyl groups is 2. The number of ether oxygens (including phenoxy) is 2. The number of carbonyl (C=O) groups excluding carboxylic acids is 2. The summed E-state index contributed by atoms with van der Waals surface area (Å²) in [5.74, 6) is -0.117. The van der Waals surface area contributed by atoms with E-state index < -0.39 is 29.0 Å². The lowest BCUT2D eigenvalue weighted by molar-refractivity contribution is -0.241. The number of carbonyl (C=O) groups is 2. The number of aliphatic hydroxyl groups excluding tert-OH is 2. The number of methoxy groups -OCH3 is 2. The molecule has 4 saturated carbocycles. The molecule has 0 unspecified atom stereocenters. The number of hydrogen-bond donors (Lipinski definition) is 2. The fourth-order valence-corrected chi connectivity index (χ4v) is 11.1. The van der Waals surface area contributed by atoms with Gasteiger partial charge >= 0.3 is 11.9 Å². The SMILES string of the molecule is COC(=O)[C@]12CCC(C)(C)C[C@H]1C1=CC[C@@H]3[C@@]4(C)C[C@@H](O)[C@H](O)[C@](C)(C(=O)OC)[C@@H]4CC[C@@]3(C)[C@]1(C)CC2. The fourth-order valence-electron chi connectivity index (χ4n) is 11.1. The van der Waals surface area contributed by atoms with E-state index in [0.29, 0.717) is 6.42 Å². The van der Waals surface area contributed by atoms with Gasteiger partial charge in [0.15, 0.2) is 0 Å². The standard InChI is InChI=1S/C32H50O6/c1-27(2)13-15-32(26(36)38-8)16-14-29(4)19(20(32)17-27)9-10-22-28(3)18-21(33)24(34)31(6,25(35)37-7)23(28)11-12-30(22,29)5/h9,20-24,33-34H,10-18H2,1-8H3/t20-,21+,22+,23+,24-,28+,29+,30+,31+,32-/m0/s1. The van der Waals surface area contributed by atoms with E-state index in [1.165, 1.54) is 19.8 Å². The summed E-state index contributed by atoms with van der Waals surface area (Å²) in [6.45, 7) is 13.6. The molecule has 0 spiro atoms. The molecule has 6 nitrogen and oxygen atoms in total. The van der Waals surface area contributed by atoms with Crippen LogP contribution in [0.1, 0.15) is 99.3 Å². The lowest BCUT2D eigenvalue weighted by Gasteiger charge is -2.71. The molecule has 2 N–H and O–H groups in total. The Kier molecular flexibility index (Phi) is 6.33. The zero-order valence-corrected chi connectivity index (χ0v) is 24.9. The molecule has 0 radical (unpaired) electrons. The first-order valence-electron chi connectivity index (χ1n) is 14.8. The summed E-state index contributed by atoms with van der Waals surface area (Å²) >= 11 is 0. The molecule has 38 heavy (non-hydrogen) atoms. The molecule has 0 heterocycles. The molecule has 5 rings (SSSR count). The van der Waals surface area contributed by atoms with Crippen molar-refractivity contribution in [2.45, 2.75) is 112 Å². The molecule has 6 heteroatoms. The zero-order chi connectivity index (χ0) is 28.1. The molecule has 0 bridgehead atoms. The fraction of sp³-hybridized carbons (Fsp3) is 0.875. The molecule has 0 amide bonds. The average Bonchev–Trinajstić information content (AvgIpc) is 2.86. The van der Waals surface area contributed by atoms with Gasteiger partial charge in [0, 0.05) is 0 Å². The monoisotopic (exact) mass is 530 g/mol. The lowest BCUT2D eigenvalue weighted by atomic mass is 9.33. The average molecular weight is 531 g/mol. The summed E-state index contributed by atoms with van der Waals surface area (Å²) in [5.41, 5.74) is -0.415. The van der Waals surface area contributed by atoms with Crippen molar-refractivity contribution in [3.8, 4) is 0 Å². The van der Waals surface area contributed by atoms with Gasteiger partial charge in [-0.1, -0.05) is 46.3 Å². The minimum atomic E-state index is -1.15. The highest BCUT2D eigenvalue weighted by atomic mass is 16.5. The molecule has 5 aliphatic carbocycles. The summed E-state index contributed by atoms with van der Waals surface area (Å²) in [5, 5.41) is 22.3. The van der Waals surface area contributed by atoms with Crippen LogP contribution in [0.15, 0.2) is 11.6 Å². The number of esters is 2. The maximum Gasteiger partial charge on any atom is 0.314 e. The van der Waals surface area contributed by atoms with E-state index in [2.05, 4.69) is 40.7 Å². The van der Waals surface area contributed by atoms with Crippen LogP contribution in [0.5, 0.6) is 0 Å². The Labute approximate surface area is 228 Å². The van der Waals surface area contributed by atoms with Crippen molar-refractivity contribution in [1.29, 1.82) is 0 Å². The van der Waals surface area contributed by atoms with Crippen LogP contribution in [-0.2, 0) is 19.1 Å². The highest BCUT2D eigenvalue weighted by molar-refractivity contribution is 5.79. The van der Waals surface area contributed by atoms with Crippen molar-refractivity contribution in [1.82, 2.24) is 0 Å². The highest BCUT2D eigenvalue weighted by Gasteiger charge is 2.72. The molecule has 10 atom stereocenters. The molecule has 0 aliphatic heterocycles. The molecule has 0 aromatic carbocycles. The van der Waals surface area contributed by atoms with Crippen LogP contribution in [0.3, 0.4) is 0 Å². The van der Waals surface area contributed by atoms with Crippen LogP contribution in [0.25, 0.3) is 0 Å². The van der Waals surface area contributed by atoms with Crippen LogP contribution in [0.2, 0.25) is 0 Å². The summed E-state index contributed by atoms with van der Waals surface area (Å²) in [7, 11) is 2.92. The quantitative estimate of drug-likeness (QED) is 0.365. The van der Waals surface area contributed by atoms with E-state index in [-0.39, 0.29) is 45.4 Å². The molecule has 214 valence electrons. The van der Waals surface area contributed by atoms with Crippen molar-refractivity contribution in [2.75, 3.05) is 14.2 Å². The molecule has 0 aromatic rings. The Hall–Kier alpha value is -1.40. The Morgan fingerprint density at radius 2 is 1.47 bits per heavy atom. The molecule has 5 aliphatic rings. The molecule has 0 saturated heterocycles. The minimum Gasteiger partial charge on any atom is -0.469 e. The normalized spacial score (nSPS) is 51.3. The Balaban J connectivity index is 1.61. The Bertz CT molecular complexity index is 1050. The third-order valence-electron chi connectivity index (χ3n) is 13.5. The van der Waals surface area contributed by atoms with Crippen LogP contribution < -0.4 is 0 Å². The summed E-state index contributed by atoms with van der Waals surface area (Å²) in [4.78, 5) is 26.6. The van der Waals surface area contributed by atoms with Gasteiger partial charge in [0.1, 0.15) is 0 Å².